The molecular formula is C18H14ClNO. The highest BCUT2D eigenvalue weighted by molar-refractivity contribution is 6.31. The van der Waals surface area contributed by atoms with Crippen molar-refractivity contribution in [3.05, 3.63) is 76.3 Å². The summed E-state index contributed by atoms with van der Waals surface area (Å²) < 4.78 is 0. The zero-order valence-electron chi connectivity index (χ0n) is 11.6. The average molecular weight is 296 g/mol. The zero-order chi connectivity index (χ0) is 15.0. The average Bonchev–Trinajstić information content (AvgIpc) is 2.50. The van der Waals surface area contributed by atoms with Gasteiger partial charge in [0.1, 0.15) is 0 Å². The number of hydrogen-bond donors (Lipinski definition) is 1. The Morgan fingerprint density at radius 2 is 1.67 bits per heavy atom. The maximum absolute atomic E-state index is 12.8. The van der Waals surface area contributed by atoms with E-state index in [-0.39, 0.29) is 5.78 Å². The van der Waals surface area contributed by atoms with Gasteiger partial charge in [-0.25, -0.2) is 0 Å². The van der Waals surface area contributed by atoms with Crippen molar-refractivity contribution in [1.82, 2.24) is 0 Å². The standard InChI is InChI=1S/C18H14ClNO/c1-11-6-8-15(14-5-3-2-4-13(11)14)18(21)16-10-12(19)7-9-17(16)20/h2-10H,20H2,1H3. The molecule has 0 amide bonds. The summed E-state index contributed by atoms with van der Waals surface area (Å²) in [5, 5.41) is 2.51. The van der Waals surface area contributed by atoms with Crippen molar-refractivity contribution in [3.8, 4) is 0 Å². The van der Waals surface area contributed by atoms with E-state index in [1.807, 2.05) is 43.3 Å². The number of rotatable bonds is 2. The molecule has 0 aliphatic rings. The van der Waals surface area contributed by atoms with Crippen LogP contribution in [0.5, 0.6) is 0 Å². The fraction of sp³-hybridized carbons (Fsp3) is 0.0556. The van der Waals surface area contributed by atoms with Crippen molar-refractivity contribution >= 4 is 33.8 Å². The summed E-state index contributed by atoms with van der Waals surface area (Å²) in [5.41, 5.74) is 8.59. The predicted octanol–water partition coefficient (Wildman–Crippen LogP) is 4.61. The van der Waals surface area contributed by atoms with Gasteiger partial charge < -0.3 is 5.73 Å². The Kier molecular flexibility index (Phi) is 3.40. The Morgan fingerprint density at radius 1 is 0.952 bits per heavy atom. The Balaban J connectivity index is 2.23. The Labute approximate surface area is 128 Å². The molecule has 3 aromatic carbocycles. The van der Waals surface area contributed by atoms with E-state index in [1.165, 1.54) is 0 Å². The van der Waals surface area contributed by atoms with Crippen LogP contribution in [0.1, 0.15) is 21.5 Å². The van der Waals surface area contributed by atoms with Gasteiger partial charge in [-0.3, -0.25) is 4.79 Å². The smallest absolute Gasteiger partial charge is 0.195 e. The van der Waals surface area contributed by atoms with Gasteiger partial charge in [0.25, 0.3) is 0 Å². The first-order chi connectivity index (χ1) is 10.1. The van der Waals surface area contributed by atoms with Crippen molar-refractivity contribution in [3.63, 3.8) is 0 Å². The van der Waals surface area contributed by atoms with Gasteiger partial charge in [0, 0.05) is 21.8 Å². The molecule has 0 unspecified atom stereocenters. The summed E-state index contributed by atoms with van der Waals surface area (Å²) in [6.07, 6.45) is 0. The van der Waals surface area contributed by atoms with Crippen LogP contribution in [0, 0.1) is 6.92 Å². The van der Waals surface area contributed by atoms with Crippen LogP contribution in [0.3, 0.4) is 0 Å². The third-order valence-electron chi connectivity index (χ3n) is 3.65. The first-order valence-electron chi connectivity index (χ1n) is 6.66. The molecule has 0 saturated carbocycles. The predicted molar refractivity (Wildman–Crippen MR) is 88.0 cm³/mol. The number of carbonyl (C=O) groups is 1. The monoisotopic (exact) mass is 295 g/mol. The Morgan fingerprint density at radius 3 is 2.43 bits per heavy atom. The molecule has 0 bridgehead atoms. The number of nitrogen functional groups attached to an aromatic ring is 1. The molecule has 3 heteroatoms. The third-order valence-corrected chi connectivity index (χ3v) is 3.88. The minimum absolute atomic E-state index is 0.105. The minimum Gasteiger partial charge on any atom is -0.398 e. The van der Waals surface area contributed by atoms with E-state index in [0.29, 0.717) is 21.8 Å². The number of nitrogens with two attached hydrogens (primary N) is 1. The van der Waals surface area contributed by atoms with E-state index >= 15 is 0 Å². The van der Waals surface area contributed by atoms with Crippen LogP contribution in [0.2, 0.25) is 5.02 Å². The molecule has 0 aromatic heterocycles. The van der Waals surface area contributed by atoms with Crippen LogP contribution in [-0.4, -0.2) is 5.78 Å². The lowest BCUT2D eigenvalue weighted by Crippen LogP contribution is -2.06. The Hall–Kier alpha value is -2.32. The van der Waals surface area contributed by atoms with Gasteiger partial charge >= 0.3 is 0 Å². The van der Waals surface area contributed by atoms with Crippen LogP contribution in [0.25, 0.3) is 10.8 Å². The molecule has 2 nitrogen and oxygen atoms in total. The highest BCUT2D eigenvalue weighted by Crippen LogP contribution is 2.27. The molecule has 0 spiro atoms. The molecule has 0 atom stereocenters. The molecule has 3 rings (SSSR count). The fourth-order valence-corrected chi connectivity index (χ4v) is 2.69. The van der Waals surface area contributed by atoms with Crippen LogP contribution < -0.4 is 5.73 Å². The molecule has 0 aliphatic heterocycles. The van der Waals surface area contributed by atoms with E-state index in [2.05, 4.69) is 0 Å². The van der Waals surface area contributed by atoms with Crippen LogP contribution in [0.15, 0.2) is 54.6 Å². The SMILES string of the molecule is Cc1ccc(C(=O)c2cc(Cl)ccc2N)c2ccccc12. The molecule has 104 valence electrons. The second-order valence-electron chi connectivity index (χ2n) is 5.04. The molecule has 0 fully saturated rings. The fourth-order valence-electron chi connectivity index (χ4n) is 2.52. The summed E-state index contributed by atoms with van der Waals surface area (Å²) in [5.74, 6) is -0.105. The number of aryl methyl sites for hydroxylation is 1. The topological polar surface area (TPSA) is 43.1 Å². The third kappa shape index (κ3) is 2.39. The molecule has 0 aliphatic carbocycles. The second-order valence-corrected chi connectivity index (χ2v) is 5.47. The van der Waals surface area contributed by atoms with Gasteiger partial charge in [-0.2, -0.15) is 0 Å². The van der Waals surface area contributed by atoms with Gasteiger partial charge in [-0.15, -0.1) is 0 Å². The van der Waals surface area contributed by atoms with Crippen molar-refractivity contribution in [1.29, 1.82) is 0 Å². The number of fused-ring (bicyclic) bond motifs is 1. The van der Waals surface area contributed by atoms with Crippen molar-refractivity contribution in [2.24, 2.45) is 0 Å². The van der Waals surface area contributed by atoms with Crippen molar-refractivity contribution < 1.29 is 4.79 Å². The maximum atomic E-state index is 12.8. The summed E-state index contributed by atoms with van der Waals surface area (Å²) in [7, 11) is 0. The number of hydrogen-bond acceptors (Lipinski definition) is 2. The number of benzene rings is 3. The Bertz CT molecular complexity index is 855. The first kappa shape index (κ1) is 13.7. The van der Waals surface area contributed by atoms with E-state index in [4.69, 9.17) is 17.3 Å². The van der Waals surface area contributed by atoms with E-state index in [0.717, 1.165) is 16.3 Å². The van der Waals surface area contributed by atoms with E-state index in [9.17, 15) is 4.79 Å². The normalized spacial score (nSPS) is 10.8. The second kappa shape index (κ2) is 5.23. The van der Waals surface area contributed by atoms with Gasteiger partial charge in [0.2, 0.25) is 0 Å². The molecule has 0 radical (unpaired) electrons. The molecule has 0 saturated heterocycles. The minimum atomic E-state index is -0.105. The molecule has 3 aromatic rings. The lowest BCUT2D eigenvalue weighted by molar-refractivity contribution is 0.104. The van der Waals surface area contributed by atoms with Crippen molar-refractivity contribution in [2.75, 3.05) is 5.73 Å². The number of halogens is 1. The van der Waals surface area contributed by atoms with Gasteiger partial charge in [0.05, 0.1) is 0 Å². The quantitative estimate of drug-likeness (QED) is 0.554. The molecule has 0 heterocycles. The first-order valence-corrected chi connectivity index (χ1v) is 7.04. The zero-order valence-corrected chi connectivity index (χ0v) is 12.3. The maximum Gasteiger partial charge on any atom is 0.195 e. The number of carbonyl (C=O) groups excluding carboxylic acids is 1. The molecule has 21 heavy (non-hydrogen) atoms. The van der Waals surface area contributed by atoms with Gasteiger partial charge in [0.15, 0.2) is 5.78 Å². The van der Waals surface area contributed by atoms with Gasteiger partial charge in [-0.1, -0.05) is 48.0 Å². The lowest BCUT2D eigenvalue weighted by Gasteiger charge is -2.10. The van der Waals surface area contributed by atoms with Crippen LogP contribution in [-0.2, 0) is 0 Å². The summed E-state index contributed by atoms with van der Waals surface area (Å²) in [4.78, 5) is 12.8. The number of ketones is 1. The van der Waals surface area contributed by atoms with Crippen LogP contribution >= 0.6 is 11.6 Å². The molecule has 2 N–H and O–H groups in total. The van der Waals surface area contributed by atoms with E-state index in [1.54, 1.807) is 18.2 Å². The van der Waals surface area contributed by atoms with Crippen molar-refractivity contribution in [2.45, 2.75) is 6.92 Å². The summed E-state index contributed by atoms with van der Waals surface area (Å²) in [6.45, 7) is 2.03. The van der Waals surface area contributed by atoms with E-state index < -0.39 is 0 Å². The lowest BCUT2D eigenvalue weighted by atomic mass is 9.94. The largest absolute Gasteiger partial charge is 0.398 e. The highest BCUT2D eigenvalue weighted by Gasteiger charge is 2.16. The summed E-state index contributed by atoms with van der Waals surface area (Å²) in [6, 6.07) is 16.6. The van der Waals surface area contributed by atoms with Crippen LogP contribution in [0.4, 0.5) is 5.69 Å². The summed E-state index contributed by atoms with van der Waals surface area (Å²) >= 11 is 5.98. The molecular weight excluding hydrogens is 282 g/mol. The van der Waals surface area contributed by atoms with Gasteiger partial charge in [-0.05, 0) is 41.5 Å². The highest BCUT2D eigenvalue weighted by atomic mass is 35.5. The number of anilines is 1.